The Balaban J connectivity index is 2.23. The molecule has 2 aliphatic carbocycles. The Morgan fingerprint density at radius 1 is 1.24 bits per heavy atom. The van der Waals surface area contributed by atoms with Crippen molar-refractivity contribution >= 4 is 17.3 Å². The molecule has 2 fully saturated rings. The van der Waals surface area contributed by atoms with Gasteiger partial charge >= 0.3 is 0 Å². The zero-order valence-electron chi connectivity index (χ0n) is 10.8. The number of hydrogen-bond donors (Lipinski definition) is 0. The molecule has 1 spiro atoms. The second-order valence-electron chi connectivity index (χ2n) is 6.15. The molecular weight excluding hydrogens is 216 g/mol. The van der Waals surface area contributed by atoms with Gasteiger partial charge < -0.3 is 0 Å². The van der Waals surface area contributed by atoms with E-state index in [1.54, 1.807) is 6.92 Å². The maximum atomic E-state index is 11.9. The van der Waals surface area contributed by atoms with Crippen LogP contribution in [0.3, 0.4) is 0 Å². The van der Waals surface area contributed by atoms with Gasteiger partial charge in [0, 0.05) is 18.3 Å². The number of ketones is 3. The fraction of sp³-hybridized carbons (Fsp3) is 0.786. The largest absolute Gasteiger partial charge is 0.299 e. The van der Waals surface area contributed by atoms with Crippen LogP contribution >= 0.6 is 0 Å². The minimum Gasteiger partial charge on any atom is -0.299 e. The summed E-state index contributed by atoms with van der Waals surface area (Å²) in [6.45, 7) is 5.47. The van der Waals surface area contributed by atoms with Gasteiger partial charge in [-0.2, -0.15) is 0 Å². The van der Waals surface area contributed by atoms with E-state index in [0.717, 1.165) is 6.42 Å². The lowest BCUT2D eigenvalue weighted by Gasteiger charge is -2.30. The minimum absolute atomic E-state index is 0.115. The topological polar surface area (TPSA) is 51.2 Å². The number of Topliss-reactive ketones (excluding diaryl/α,β-unsaturated/α-hetero) is 3. The van der Waals surface area contributed by atoms with Crippen LogP contribution in [0.25, 0.3) is 0 Å². The third kappa shape index (κ3) is 1.67. The molecule has 17 heavy (non-hydrogen) atoms. The first-order valence-electron chi connectivity index (χ1n) is 6.38. The van der Waals surface area contributed by atoms with Crippen molar-refractivity contribution in [3.05, 3.63) is 0 Å². The number of carbonyl (C=O) groups excluding carboxylic acids is 3. The van der Waals surface area contributed by atoms with Crippen molar-refractivity contribution in [3.63, 3.8) is 0 Å². The second kappa shape index (κ2) is 3.76. The molecule has 0 aromatic heterocycles. The van der Waals surface area contributed by atoms with Crippen molar-refractivity contribution in [2.75, 3.05) is 0 Å². The maximum Gasteiger partial charge on any atom is 0.146 e. The minimum atomic E-state index is -0.711. The zero-order valence-corrected chi connectivity index (χ0v) is 10.8. The lowest BCUT2D eigenvalue weighted by molar-refractivity contribution is -0.136. The summed E-state index contributed by atoms with van der Waals surface area (Å²) in [5.41, 5.74) is -1.12. The molecule has 2 saturated carbocycles. The highest BCUT2D eigenvalue weighted by Gasteiger charge is 2.56. The van der Waals surface area contributed by atoms with Crippen LogP contribution in [0.4, 0.5) is 0 Å². The average molecular weight is 236 g/mol. The number of hydrogen-bond acceptors (Lipinski definition) is 3. The Morgan fingerprint density at radius 2 is 1.76 bits per heavy atom. The van der Waals surface area contributed by atoms with E-state index in [-0.39, 0.29) is 23.3 Å². The highest BCUT2D eigenvalue weighted by Crippen LogP contribution is 2.53. The molecule has 1 atom stereocenters. The first-order valence-corrected chi connectivity index (χ1v) is 6.38. The molecule has 2 aliphatic rings. The fourth-order valence-electron chi connectivity index (χ4n) is 3.32. The summed E-state index contributed by atoms with van der Waals surface area (Å²) < 4.78 is 0. The molecule has 0 aromatic rings. The molecule has 0 saturated heterocycles. The Kier molecular flexibility index (Phi) is 2.75. The van der Waals surface area contributed by atoms with Crippen LogP contribution in [0, 0.1) is 16.7 Å². The summed E-state index contributed by atoms with van der Waals surface area (Å²) in [5.74, 6) is 0.553. The highest BCUT2D eigenvalue weighted by atomic mass is 16.2. The highest BCUT2D eigenvalue weighted by molar-refractivity contribution is 6.13. The molecule has 94 valence electrons. The molecule has 3 heteroatoms. The molecule has 0 aliphatic heterocycles. The van der Waals surface area contributed by atoms with E-state index < -0.39 is 10.8 Å². The molecule has 2 rings (SSSR count). The molecular formula is C14H20O3. The van der Waals surface area contributed by atoms with Gasteiger partial charge in [0.15, 0.2) is 0 Å². The molecule has 0 heterocycles. The molecule has 0 radical (unpaired) electrons. The smallest absolute Gasteiger partial charge is 0.146 e. The van der Waals surface area contributed by atoms with Gasteiger partial charge in [0.2, 0.25) is 0 Å². The van der Waals surface area contributed by atoms with Gasteiger partial charge in [0.05, 0.1) is 5.41 Å². The van der Waals surface area contributed by atoms with Crippen LogP contribution in [-0.4, -0.2) is 17.3 Å². The molecule has 3 nitrogen and oxygen atoms in total. The third-order valence-corrected chi connectivity index (χ3v) is 5.09. The van der Waals surface area contributed by atoms with Crippen molar-refractivity contribution in [1.29, 1.82) is 0 Å². The van der Waals surface area contributed by atoms with Crippen molar-refractivity contribution in [2.45, 2.75) is 52.9 Å². The third-order valence-electron chi connectivity index (χ3n) is 5.09. The standard InChI is InChI=1S/C14H20O3/c1-9(15)13(2,3)10-6-7-14(8-10)11(16)4-5-12(14)17/h10H,4-8H2,1-3H3. The first kappa shape index (κ1) is 12.5. The Morgan fingerprint density at radius 3 is 2.24 bits per heavy atom. The zero-order chi connectivity index (χ0) is 12.8. The fourth-order valence-corrected chi connectivity index (χ4v) is 3.32. The first-order chi connectivity index (χ1) is 7.80. The summed E-state index contributed by atoms with van der Waals surface area (Å²) >= 11 is 0. The second-order valence-corrected chi connectivity index (χ2v) is 6.15. The van der Waals surface area contributed by atoms with Gasteiger partial charge in [-0.25, -0.2) is 0 Å². The van der Waals surface area contributed by atoms with Crippen LogP contribution in [0.1, 0.15) is 52.9 Å². The molecule has 0 bridgehead atoms. The van der Waals surface area contributed by atoms with Gasteiger partial charge in [-0.05, 0) is 32.1 Å². The van der Waals surface area contributed by atoms with Crippen LogP contribution in [0.5, 0.6) is 0 Å². The Labute approximate surface area is 102 Å². The number of carbonyl (C=O) groups is 3. The Hall–Kier alpha value is -0.990. The van der Waals surface area contributed by atoms with Crippen molar-refractivity contribution < 1.29 is 14.4 Å². The average Bonchev–Trinajstić information content (AvgIpc) is 2.80. The predicted octanol–water partition coefficient (Wildman–Crippen LogP) is 2.32. The van der Waals surface area contributed by atoms with Gasteiger partial charge in [-0.15, -0.1) is 0 Å². The van der Waals surface area contributed by atoms with Gasteiger partial charge in [0.25, 0.3) is 0 Å². The van der Waals surface area contributed by atoms with Gasteiger partial charge in [-0.3, -0.25) is 14.4 Å². The summed E-state index contributed by atoms with van der Waals surface area (Å²) in [4.78, 5) is 35.5. The quantitative estimate of drug-likeness (QED) is 0.691. The molecule has 0 amide bonds. The molecule has 0 aromatic carbocycles. The SMILES string of the molecule is CC(=O)C(C)(C)C1CCC2(C1)C(=O)CCC2=O. The lowest BCUT2D eigenvalue weighted by atomic mass is 9.72. The summed E-state index contributed by atoms with van der Waals surface area (Å²) in [6.07, 6.45) is 2.89. The van der Waals surface area contributed by atoms with Crippen LogP contribution in [-0.2, 0) is 14.4 Å². The van der Waals surface area contributed by atoms with E-state index in [4.69, 9.17) is 0 Å². The van der Waals surface area contributed by atoms with Crippen LogP contribution in [0.2, 0.25) is 0 Å². The van der Waals surface area contributed by atoms with E-state index in [1.807, 2.05) is 13.8 Å². The Bertz CT molecular complexity index is 376. The van der Waals surface area contributed by atoms with E-state index >= 15 is 0 Å². The lowest BCUT2D eigenvalue weighted by Crippen LogP contribution is -2.34. The van der Waals surface area contributed by atoms with Gasteiger partial charge in [-0.1, -0.05) is 13.8 Å². The van der Waals surface area contributed by atoms with Gasteiger partial charge in [0.1, 0.15) is 17.3 Å². The van der Waals surface area contributed by atoms with Crippen LogP contribution in [0.15, 0.2) is 0 Å². The molecule has 1 unspecified atom stereocenters. The van der Waals surface area contributed by atoms with Crippen LogP contribution < -0.4 is 0 Å². The summed E-state index contributed by atoms with van der Waals surface area (Å²) in [7, 11) is 0. The van der Waals surface area contributed by atoms with Crippen molar-refractivity contribution in [3.8, 4) is 0 Å². The van der Waals surface area contributed by atoms with E-state index in [9.17, 15) is 14.4 Å². The van der Waals surface area contributed by atoms with E-state index in [0.29, 0.717) is 25.7 Å². The summed E-state index contributed by atoms with van der Waals surface area (Å²) in [6, 6.07) is 0. The monoisotopic (exact) mass is 236 g/mol. The van der Waals surface area contributed by atoms with E-state index in [2.05, 4.69) is 0 Å². The maximum absolute atomic E-state index is 11.9. The predicted molar refractivity (Wildman–Crippen MR) is 63.5 cm³/mol. The van der Waals surface area contributed by atoms with E-state index in [1.165, 1.54) is 0 Å². The molecule has 0 N–H and O–H groups in total. The van der Waals surface area contributed by atoms with Crippen molar-refractivity contribution in [2.24, 2.45) is 16.7 Å². The number of rotatable bonds is 2. The summed E-state index contributed by atoms with van der Waals surface area (Å²) in [5, 5.41) is 0. The normalized spacial score (nSPS) is 28.1. The van der Waals surface area contributed by atoms with Crippen molar-refractivity contribution in [1.82, 2.24) is 0 Å².